The topological polar surface area (TPSA) is 58.4 Å². The van der Waals surface area contributed by atoms with Gasteiger partial charge in [0.05, 0.1) is 6.20 Å². The maximum atomic E-state index is 12.5. The number of amides is 1. The Morgan fingerprint density at radius 1 is 1.61 bits per heavy atom. The van der Waals surface area contributed by atoms with Gasteiger partial charge >= 0.3 is 0 Å². The molecule has 1 saturated heterocycles. The summed E-state index contributed by atoms with van der Waals surface area (Å²) in [4.78, 5) is 14.4. The molecule has 0 spiro atoms. The van der Waals surface area contributed by atoms with Crippen LogP contribution in [-0.4, -0.2) is 42.1 Å². The number of nitrogens with one attached hydrogen (secondary N) is 1. The summed E-state index contributed by atoms with van der Waals surface area (Å²) in [7, 11) is 1.94. The maximum absolute atomic E-state index is 12.5. The van der Waals surface area contributed by atoms with E-state index in [1.807, 2.05) is 11.9 Å². The van der Waals surface area contributed by atoms with E-state index < -0.39 is 0 Å². The standard InChI is InChI=1S/C13H21N3O2/c1-10-12(9-15-18-10)13(17)16-8-4-3-5-11(16)6-7-14-2/h9,11,14H,3-8H2,1-2H3. The fourth-order valence-electron chi connectivity index (χ4n) is 2.54. The normalized spacial score (nSPS) is 20.1. The molecule has 18 heavy (non-hydrogen) atoms. The van der Waals surface area contributed by atoms with Crippen molar-refractivity contribution >= 4 is 5.91 Å². The minimum Gasteiger partial charge on any atom is -0.361 e. The molecule has 1 N–H and O–H groups in total. The lowest BCUT2D eigenvalue weighted by Gasteiger charge is -2.35. The molecule has 0 saturated carbocycles. The second-order valence-electron chi connectivity index (χ2n) is 4.84. The van der Waals surface area contributed by atoms with Crippen molar-refractivity contribution in [3.63, 3.8) is 0 Å². The fraction of sp³-hybridized carbons (Fsp3) is 0.692. The monoisotopic (exact) mass is 251 g/mol. The highest BCUT2D eigenvalue weighted by atomic mass is 16.5. The summed E-state index contributed by atoms with van der Waals surface area (Å²) in [5, 5.41) is 6.84. The average molecular weight is 251 g/mol. The third-order valence-electron chi connectivity index (χ3n) is 3.60. The zero-order chi connectivity index (χ0) is 13.0. The van der Waals surface area contributed by atoms with Crippen LogP contribution >= 0.6 is 0 Å². The van der Waals surface area contributed by atoms with Gasteiger partial charge in [0.15, 0.2) is 0 Å². The number of likely N-dealkylation sites (tertiary alicyclic amines) is 1. The number of hydrogen-bond donors (Lipinski definition) is 1. The number of rotatable bonds is 4. The molecule has 2 rings (SSSR count). The molecule has 1 fully saturated rings. The Labute approximate surface area is 108 Å². The van der Waals surface area contributed by atoms with Crippen LogP contribution in [0.3, 0.4) is 0 Å². The van der Waals surface area contributed by atoms with Gasteiger partial charge in [-0.3, -0.25) is 4.79 Å². The Morgan fingerprint density at radius 2 is 2.44 bits per heavy atom. The SMILES string of the molecule is CNCCC1CCCCN1C(=O)c1cnoc1C. The molecule has 0 aliphatic carbocycles. The molecular formula is C13H21N3O2. The van der Waals surface area contributed by atoms with Crippen molar-refractivity contribution in [2.45, 2.75) is 38.6 Å². The summed E-state index contributed by atoms with van der Waals surface area (Å²) in [6, 6.07) is 0.341. The number of carbonyl (C=O) groups is 1. The van der Waals surface area contributed by atoms with E-state index in [4.69, 9.17) is 4.52 Å². The summed E-state index contributed by atoms with van der Waals surface area (Å²) >= 11 is 0. The summed E-state index contributed by atoms with van der Waals surface area (Å²) in [5.41, 5.74) is 0.603. The molecule has 0 radical (unpaired) electrons. The highest BCUT2D eigenvalue weighted by Crippen LogP contribution is 2.22. The van der Waals surface area contributed by atoms with E-state index in [-0.39, 0.29) is 5.91 Å². The minimum atomic E-state index is 0.0644. The van der Waals surface area contributed by atoms with E-state index in [0.717, 1.165) is 32.4 Å². The predicted molar refractivity (Wildman–Crippen MR) is 68.5 cm³/mol. The van der Waals surface area contributed by atoms with Crippen LogP contribution in [0.4, 0.5) is 0 Å². The highest BCUT2D eigenvalue weighted by molar-refractivity contribution is 5.95. The lowest BCUT2D eigenvalue weighted by Crippen LogP contribution is -2.44. The Hall–Kier alpha value is -1.36. The zero-order valence-corrected chi connectivity index (χ0v) is 11.1. The first-order valence-corrected chi connectivity index (χ1v) is 6.61. The number of carbonyl (C=O) groups excluding carboxylic acids is 1. The van der Waals surface area contributed by atoms with Crippen LogP contribution < -0.4 is 5.32 Å². The van der Waals surface area contributed by atoms with Crippen molar-refractivity contribution in [3.05, 3.63) is 17.5 Å². The number of hydrogen-bond acceptors (Lipinski definition) is 4. The smallest absolute Gasteiger partial charge is 0.259 e. The molecule has 5 heteroatoms. The van der Waals surface area contributed by atoms with Crippen LogP contribution in [0.5, 0.6) is 0 Å². The van der Waals surface area contributed by atoms with Gasteiger partial charge in [0.2, 0.25) is 0 Å². The molecule has 1 unspecified atom stereocenters. The molecule has 1 aromatic rings. The number of aryl methyl sites for hydroxylation is 1. The summed E-state index contributed by atoms with van der Waals surface area (Å²) in [6.45, 7) is 3.57. The zero-order valence-electron chi connectivity index (χ0n) is 11.1. The molecular weight excluding hydrogens is 230 g/mol. The molecule has 2 heterocycles. The van der Waals surface area contributed by atoms with Crippen molar-refractivity contribution in [1.29, 1.82) is 0 Å². The summed E-state index contributed by atoms with van der Waals surface area (Å²) in [6.07, 6.45) is 5.93. The molecule has 1 atom stereocenters. The largest absolute Gasteiger partial charge is 0.361 e. The van der Waals surface area contributed by atoms with Crippen LogP contribution in [0.1, 0.15) is 41.8 Å². The van der Waals surface area contributed by atoms with Gasteiger partial charge in [0, 0.05) is 12.6 Å². The van der Waals surface area contributed by atoms with Gasteiger partial charge in [-0.25, -0.2) is 0 Å². The highest BCUT2D eigenvalue weighted by Gasteiger charge is 2.28. The first kappa shape index (κ1) is 13.1. The molecule has 100 valence electrons. The van der Waals surface area contributed by atoms with E-state index in [1.165, 1.54) is 12.6 Å². The fourth-order valence-corrected chi connectivity index (χ4v) is 2.54. The first-order chi connectivity index (χ1) is 8.74. The minimum absolute atomic E-state index is 0.0644. The summed E-state index contributed by atoms with van der Waals surface area (Å²) < 4.78 is 4.98. The van der Waals surface area contributed by atoms with Crippen LogP contribution in [0.15, 0.2) is 10.7 Å². The van der Waals surface area contributed by atoms with Crippen molar-refractivity contribution in [1.82, 2.24) is 15.4 Å². The average Bonchev–Trinajstić information content (AvgIpc) is 2.82. The number of piperidine rings is 1. The molecule has 1 aliphatic heterocycles. The van der Waals surface area contributed by atoms with Crippen LogP contribution in [-0.2, 0) is 0 Å². The van der Waals surface area contributed by atoms with Gasteiger partial charge in [-0.1, -0.05) is 5.16 Å². The van der Waals surface area contributed by atoms with Gasteiger partial charge < -0.3 is 14.7 Å². The lowest BCUT2D eigenvalue weighted by atomic mass is 9.98. The Balaban J connectivity index is 2.08. The van der Waals surface area contributed by atoms with E-state index >= 15 is 0 Å². The van der Waals surface area contributed by atoms with E-state index in [9.17, 15) is 4.79 Å². The van der Waals surface area contributed by atoms with E-state index in [0.29, 0.717) is 17.4 Å². The predicted octanol–water partition coefficient (Wildman–Crippen LogP) is 1.59. The van der Waals surface area contributed by atoms with Crippen molar-refractivity contribution < 1.29 is 9.32 Å². The Bertz CT molecular complexity index is 403. The van der Waals surface area contributed by atoms with E-state index in [1.54, 1.807) is 6.92 Å². The quantitative estimate of drug-likeness (QED) is 0.882. The summed E-state index contributed by atoms with van der Waals surface area (Å²) in [5.74, 6) is 0.674. The Morgan fingerprint density at radius 3 is 3.11 bits per heavy atom. The first-order valence-electron chi connectivity index (χ1n) is 6.61. The Kier molecular flexibility index (Phi) is 4.36. The van der Waals surface area contributed by atoms with Crippen molar-refractivity contribution in [3.8, 4) is 0 Å². The van der Waals surface area contributed by atoms with Gasteiger partial charge in [0.25, 0.3) is 5.91 Å². The third kappa shape index (κ3) is 2.72. The van der Waals surface area contributed by atoms with Crippen LogP contribution in [0.25, 0.3) is 0 Å². The number of aromatic nitrogens is 1. The van der Waals surface area contributed by atoms with Gasteiger partial charge in [-0.2, -0.15) is 0 Å². The van der Waals surface area contributed by atoms with Crippen LogP contribution in [0.2, 0.25) is 0 Å². The molecule has 5 nitrogen and oxygen atoms in total. The third-order valence-corrected chi connectivity index (χ3v) is 3.60. The second kappa shape index (κ2) is 6.00. The van der Waals surface area contributed by atoms with Crippen LogP contribution in [0, 0.1) is 6.92 Å². The van der Waals surface area contributed by atoms with Gasteiger partial charge in [0.1, 0.15) is 11.3 Å². The molecule has 1 aliphatic rings. The molecule has 0 aromatic carbocycles. The maximum Gasteiger partial charge on any atom is 0.259 e. The van der Waals surface area contributed by atoms with Crippen molar-refractivity contribution in [2.75, 3.05) is 20.1 Å². The van der Waals surface area contributed by atoms with Gasteiger partial charge in [-0.05, 0) is 46.2 Å². The van der Waals surface area contributed by atoms with Gasteiger partial charge in [-0.15, -0.1) is 0 Å². The second-order valence-corrected chi connectivity index (χ2v) is 4.84. The number of nitrogens with zero attached hydrogens (tertiary/aromatic N) is 2. The molecule has 1 amide bonds. The molecule has 1 aromatic heterocycles. The lowest BCUT2D eigenvalue weighted by molar-refractivity contribution is 0.0601. The van der Waals surface area contributed by atoms with E-state index in [2.05, 4.69) is 10.5 Å². The van der Waals surface area contributed by atoms with Crippen molar-refractivity contribution in [2.24, 2.45) is 0 Å². The molecule has 0 bridgehead atoms.